The van der Waals surface area contributed by atoms with E-state index in [2.05, 4.69) is 43.0 Å². The van der Waals surface area contributed by atoms with Crippen LogP contribution in [-0.2, 0) is 23.2 Å². The molecule has 0 saturated heterocycles. The zero-order valence-electron chi connectivity index (χ0n) is 16.6. The van der Waals surface area contributed by atoms with Gasteiger partial charge in [-0.15, -0.1) is 0 Å². The number of likely N-dealkylation sites (N-methyl/N-ethyl adjacent to an activating group) is 1. The van der Waals surface area contributed by atoms with E-state index in [9.17, 15) is 9.18 Å². The van der Waals surface area contributed by atoms with Gasteiger partial charge in [-0.25, -0.2) is 4.39 Å². The van der Waals surface area contributed by atoms with Crippen molar-refractivity contribution >= 4 is 5.91 Å². The smallest absolute Gasteiger partial charge is 0.246 e. The Bertz CT molecular complexity index is 958. The topological polar surface area (TPSA) is 59.2 Å². The second kappa shape index (κ2) is 7.92. The lowest BCUT2D eigenvalue weighted by atomic mass is 9.87. The molecule has 3 rings (SSSR count). The number of hydrogen-bond acceptors (Lipinski definition) is 4. The standard InChI is InChI=1S/C22H24FN3O2/c1-22(2,3)17-11-9-15(10-12-17)21-24-19(28-25-21)14-26(4)20(27)13-16-7-5-6-8-18(16)23/h5-12H,13-14H2,1-4H3. The van der Waals surface area contributed by atoms with Crippen molar-refractivity contribution in [1.82, 2.24) is 15.0 Å². The summed E-state index contributed by atoms with van der Waals surface area (Å²) in [6, 6.07) is 14.3. The molecule has 28 heavy (non-hydrogen) atoms. The molecule has 6 heteroatoms. The number of amides is 1. The molecule has 0 aliphatic rings. The van der Waals surface area contributed by atoms with Gasteiger partial charge in [0.05, 0.1) is 13.0 Å². The molecule has 0 bridgehead atoms. The van der Waals surface area contributed by atoms with Crippen LogP contribution >= 0.6 is 0 Å². The van der Waals surface area contributed by atoms with Gasteiger partial charge in [0.2, 0.25) is 17.6 Å². The highest BCUT2D eigenvalue weighted by Crippen LogP contribution is 2.25. The predicted octanol–water partition coefficient (Wildman–Crippen LogP) is 4.37. The molecule has 0 aliphatic carbocycles. The molecule has 2 aromatic carbocycles. The van der Waals surface area contributed by atoms with Crippen LogP contribution in [0.15, 0.2) is 53.1 Å². The van der Waals surface area contributed by atoms with Crippen molar-refractivity contribution in [1.29, 1.82) is 0 Å². The first-order valence-electron chi connectivity index (χ1n) is 9.15. The first-order chi connectivity index (χ1) is 13.2. The number of carbonyl (C=O) groups excluding carboxylic acids is 1. The van der Waals surface area contributed by atoms with Crippen molar-refractivity contribution < 1.29 is 13.7 Å². The number of nitrogens with zero attached hydrogens (tertiary/aromatic N) is 3. The van der Waals surface area contributed by atoms with Crippen molar-refractivity contribution in [3.05, 3.63) is 71.4 Å². The Hall–Kier alpha value is -3.02. The molecule has 0 N–H and O–H groups in total. The molecule has 0 aliphatic heterocycles. The highest BCUT2D eigenvalue weighted by molar-refractivity contribution is 5.78. The highest BCUT2D eigenvalue weighted by Gasteiger charge is 2.17. The number of carbonyl (C=O) groups is 1. The zero-order valence-corrected chi connectivity index (χ0v) is 16.6. The van der Waals surface area contributed by atoms with Crippen LogP contribution in [0, 0.1) is 5.82 Å². The average Bonchev–Trinajstić information content (AvgIpc) is 3.11. The molecule has 0 unspecified atom stereocenters. The lowest BCUT2D eigenvalue weighted by molar-refractivity contribution is -0.130. The van der Waals surface area contributed by atoms with E-state index in [4.69, 9.17) is 4.52 Å². The largest absolute Gasteiger partial charge is 0.337 e. The summed E-state index contributed by atoms with van der Waals surface area (Å²) in [5.74, 6) is 0.201. The molecule has 5 nitrogen and oxygen atoms in total. The fraction of sp³-hybridized carbons (Fsp3) is 0.318. The number of hydrogen-bond donors (Lipinski definition) is 0. The Balaban J connectivity index is 1.65. The van der Waals surface area contributed by atoms with Gasteiger partial charge >= 0.3 is 0 Å². The number of halogens is 1. The van der Waals surface area contributed by atoms with Gasteiger partial charge in [-0.3, -0.25) is 4.79 Å². The van der Waals surface area contributed by atoms with E-state index < -0.39 is 0 Å². The van der Waals surface area contributed by atoms with Crippen LogP contribution in [0.1, 0.15) is 37.8 Å². The van der Waals surface area contributed by atoms with Crippen molar-refractivity contribution in [2.24, 2.45) is 0 Å². The van der Waals surface area contributed by atoms with E-state index in [-0.39, 0.29) is 30.1 Å². The first kappa shape index (κ1) is 19.7. The van der Waals surface area contributed by atoms with Crippen LogP contribution in [0.5, 0.6) is 0 Å². The zero-order chi connectivity index (χ0) is 20.3. The Labute approximate surface area is 164 Å². The van der Waals surface area contributed by atoms with Crippen LogP contribution in [0.25, 0.3) is 11.4 Å². The van der Waals surface area contributed by atoms with Gasteiger partial charge in [-0.05, 0) is 22.6 Å². The monoisotopic (exact) mass is 381 g/mol. The molecule has 0 spiro atoms. The average molecular weight is 381 g/mol. The second-order valence-electron chi connectivity index (χ2n) is 7.86. The number of aromatic nitrogens is 2. The summed E-state index contributed by atoms with van der Waals surface area (Å²) in [5.41, 5.74) is 2.51. The molecular formula is C22H24FN3O2. The van der Waals surface area contributed by atoms with Gasteiger partial charge in [0.1, 0.15) is 5.82 Å². The van der Waals surface area contributed by atoms with E-state index in [1.54, 1.807) is 25.2 Å². The molecule has 1 aromatic heterocycles. The molecule has 1 heterocycles. The lowest BCUT2D eigenvalue weighted by Gasteiger charge is -2.18. The minimum Gasteiger partial charge on any atom is -0.337 e. The Morgan fingerprint density at radius 1 is 1.11 bits per heavy atom. The summed E-state index contributed by atoms with van der Waals surface area (Å²) in [6.45, 7) is 6.63. The molecule has 0 saturated carbocycles. The number of benzene rings is 2. The predicted molar refractivity (Wildman–Crippen MR) is 105 cm³/mol. The van der Waals surface area contributed by atoms with E-state index in [0.29, 0.717) is 17.3 Å². The minimum atomic E-state index is -0.386. The molecule has 1 amide bonds. The van der Waals surface area contributed by atoms with Crippen LogP contribution in [0.3, 0.4) is 0 Å². The fourth-order valence-electron chi connectivity index (χ4n) is 2.79. The Morgan fingerprint density at radius 3 is 2.43 bits per heavy atom. The maximum Gasteiger partial charge on any atom is 0.246 e. The van der Waals surface area contributed by atoms with Crippen LogP contribution in [-0.4, -0.2) is 28.0 Å². The van der Waals surface area contributed by atoms with Gasteiger partial charge in [0.15, 0.2) is 0 Å². The first-order valence-corrected chi connectivity index (χ1v) is 9.15. The van der Waals surface area contributed by atoms with Crippen molar-refractivity contribution in [3.8, 4) is 11.4 Å². The Kier molecular flexibility index (Phi) is 5.58. The summed E-state index contributed by atoms with van der Waals surface area (Å²) in [6.07, 6.45) is -0.0154. The summed E-state index contributed by atoms with van der Waals surface area (Å²) < 4.78 is 19.0. The van der Waals surface area contributed by atoms with Crippen LogP contribution < -0.4 is 0 Å². The normalized spacial score (nSPS) is 11.5. The third kappa shape index (κ3) is 4.63. The fourth-order valence-corrected chi connectivity index (χ4v) is 2.79. The van der Waals surface area contributed by atoms with Crippen molar-refractivity contribution in [2.75, 3.05) is 7.05 Å². The third-order valence-corrected chi connectivity index (χ3v) is 4.57. The minimum absolute atomic E-state index is 0.0154. The molecule has 3 aromatic rings. The van der Waals surface area contributed by atoms with Gasteiger partial charge in [0.25, 0.3) is 0 Å². The lowest BCUT2D eigenvalue weighted by Crippen LogP contribution is -2.28. The Morgan fingerprint density at radius 2 is 1.79 bits per heavy atom. The van der Waals surface area contributed by atoms with Crippen LogP contribution in [0.4, 0.5) is 4.39 Å². The number of rotatable bonds is 5. The molecular weight excluding hydrogens is 357 g/mol. The molecule has 0 fully saturated rings. The molecule has 0 atom stereocenters. The van der Waals surface area contributed by atoms with Gasteiger partial charge in [0, 0.05) is 12.6 Å². The van der Waals surface area contributed by atoms with Gasteiger partial charge in [-0.2, -0.15) is 4.98 Å². The quantitative estimate of drug-likeness (QED) is 0.658. The van der Waals surface area contributed by atoms with Crippen molar-refractivity contribution in [2.45, 2.75) is 39.2 Å². The third-order valence-electron chi connectivity index (χ3n) is 4.57. The summed E-state index contributed by atoms with van der Waals surface area (Å²) in [5, 5.41) is 4.00. The van der Waals surface area contributed by atoms with E-state index in [1.165, 1.54) is 16.5 Å². The van der Waals surface area contributed by atoms with E-state index in [0.717, 1.165) is 5.56 Å². The van der Waals surface area contributed by atoms with E-state index in [1.807, 2.05) is 12.1 Å². The van der Waals surface area contributed by atoms with Crippen molar-refractivity contribution in [3.63, 3.8) is 0 Å². The van der Waals surface area contributed by atoms with Gasteiger partial charge in [-0.1, -0.05) is 68.4 Å². The summed E-state index contributed by atoms with van der Waals surface area (Å²) in [4.78, 5) is 18.2. The van der Waals surface area contributed by atoms with E-state index >= 15 is 0 Å². The SMILES string of the molecule is CN(Cc1nc(-c2ccc(C(C)(C)C)cc2)no1)C(=O)Cc1ccccc1F. The maximum atomic E-state index is 13.7. The molecule has 0 radical (unpaired) electrons. The molecule has 146 valence electrons. The van der Waals surface area contributed by atoms with Crippen LogP contribution in [0.2, 0.25) is 0 Å². The second-order valence-corrected chi connectivity index (χ2v) is 7.86. The summed E-state index contributed by atoms with van der Waals surface area (Å²) >= 11 is 0. The maximum absolute atomic E-state index is 13.7. The highest BCUT2D eigenvalue weighted by atomic mass is 19.1. The van der Waals surface area contributed by atoms with Gasteiger partial charge < -0.3 is 9.42 Å². The summed E-state index contributed by atoms with van der Waals surface area (Å²) in [7, 11) is 1.63.